The molecular weight excluding hydrogens is 380 g/mol. The van der Waals surface area contributed by atoms with Gasteiger partial charge in [-0.15, -0.1) is 0 Å². The molecule has 4 rings (SSSR count). The fourth-order valence-electron chi connectivity index (χ4n) is 4.26. The van der Waals surface area contributed by atoms with Gasteiger partial charge in [-0.2, -0.15) is 0 Å². The molecule has 0 bridgehead atoms. The molecule has 0 spiro atoms. The molecule has 1 aromatic carbocycles. The number of amides is 1. The van der Waals surface area contributed by atoms with E-state index in [1.807, 2.05) is 11.0 Å². The Bertz CT molecular complexity index is 956. The number of aryl methyl sites for hydroxylation is 1. The van der Waals surface area contributed by atoms with Crippen LogP contribution in [0.5, 0.6) is 5.75 Å². The Morgan fingerprint density at radius 1 is 1.29 bits per heavy atom. The molecule has 1 aromatic heterocycles. The highest BCUT2D eigenvalue weighted by atomic mass is 35.5. The Hall–Kier alpha value is -2.05. The summed E-state index contributed by atoms with van der Waals surface area (Å²) in [5.74, 6) is 0.891. The number of ether oxygens (including phenoxy) is 1. The third kappa shape index (κ3) is 3.76. The summed E-state index contributed by atoms with van der Waals surface area (Å²) in [5, 5.41) is 1.47. The highest BCUT2D eigenvalue weighted by Gasteiger charge is 2.28. The van der Waals surface area contributed by atoms with Gasteiger partial charge in [0.25, 0.3) is 0 Å². The molecule has 3 heterocycles. The second-order valence-corrected chi connectivity index (χ2v) is 8.09. The van der Waals surface area contributed by atoms with Crippen LogP contribution in [0.1, 0.15) is 43.7 Å². The minimum Gasteiger partial charge on any atom is -0.443 e. The van der Waals surface area contributed by atoms with Gasteiger partial charge in [0.1, 0.15) is 6.54 Å². The monoisotopic (exact) mass is 405 g/mol. The van der Waals surface area contributed by atoms with Gasteiger partial charge in [0.15, 0.2) is 11.3 Å². The van der Waals surface area contributed by atoms with Gasteiger partial charge in [-0.25, -0.2) is 4.79 Å². The molecule has 1 amide bonds. The minimum atomic E-state index is -0.333. The van der Waals surface area contributed by atoms with E-state index in [1.54, 1.807) is 6.07 Å². The summed E-state index contributed by atoms with van der Waals surface area (Å²) in [6.07, 6.45) is 4.31. The first-order valence-corrected chi connectivity index (χ1v) is 10.5. The van der Waals surface area contributed by atoms with Crippen LogP contribution in [-0.2, 0) is 17.8 Å². The zero-order chi connectivity index (χ0) is 19.7. The van der Waals surface area contributed by atoms with Crippen LogP contribution in [0.2, 0.25) is 5.02 Å². The SMILES string of the molecule is CCCc1cc(=O)oc2c3c(c(Cl)cc12)OC[NH+](CCCN1CCCC1=O)C3. The Morgan fingerprint density at radius 2 is 2.14 bits per heavy atom. The zero-order valence-corrected chi connectivity index (χ0v) is 16.9. The van der Waals surface area contributed by atoms with Crippen LogP contribution < -0.4 is 15.3 Å². The molecule has 7 heteroatoms. The van der Waals surface area contributed by atoms with Crippen molar-refractivity contribution in [3.8, 4) is 5.75 Å². The molecule has 2 aliphatic rings. The maximum atomic E-state index is 12.1. The van der Waals surface area contributed by atoms with E-state index in [0.717, 1.165) is 61.8 Å². The minimum absolute atomic E-state index is 0.262. The van der Waals surface area contributed by atoms with Crippen LogP contribution in [0.4, 0.5) is 0 Å². The van der Waals surface area contributed by atoms with E-state index in [9.17, 15) is 9.59 Å². The molecule has 1 N–H and O–H groups in total. The number of carbonyl (C=O) groups is 1. The lowest BCUT2D eigenvalue weighted by atomic mass is 10.0. The quantitative estimate of drug-likeness (QED) is 0.748. The molecular formula is C21H26ClN2O4+. The molecule has 2 aliphatic heterocycles. The molecule has 150 valence electrons. The van der Waals surface area contributed by atoms with E-state index < -0.39 is 0 Å². The number of hydrogen-bond donors (Lipinski definition) is 1. The highest BCUT2D eigenvalue weighted by Crippen LogP contribution is 2.37. The van der Waals surface area contributed by atoms with E-state index >= 15 is 0 Å². The van der Waals surface area contributed by atoms with Crippen molar-refractivity contribution in [3.05, 3.63) is 38.7 Å². The molecule has 2 aromatic rings. The lowest BCUT2D eigenvalue weighted by molar-refractivity contribution is -0.932. The van der Waals surface area contributed by atoms with E-state index in [-0.39, 0.29) is 11.5 Å². The first-order chi connectivity index (χ1) is 13.6. The van der Waals surface area contributed by atoms with Gasteiger partial charge < -0.3 is 14.1 Å². The van der Waals surface area contributed by atoms with Crippen LogP contribution in [-0.4, -0.2) is 37.2 Å². The molecule has 1 atom stereocenters. The highest BCUT2D eigenvalue weighted by molar-refractivity contribution is 6.33. The van der Waals surface area contributed by atoms with Gasteiger partial charge in [-0.1, -0.05) is 24.9 Å². The first-order valence-electron chi connectivity index (χ1n) is 10.1. The smallest absolute Gasteiger partial charge is 0.336 e. The number of nitrogens with zero attached hydrogens (tertiary/aromatic N) is 1. The molecule has 0 aliphatic carbocycles. The predicted molar refractivity (Wildman–Crippen MR) is 107 cm³/mol. The molecule has 0 radical (unpaired) electrons. The van der Waals surface area contributed by atoms with Crippen molar-refractivity contribution in [1.29, 1.82) is 0 Å². The summed E-state index contributed by atoms with van der Waals surface area (Å²) in [4.78, 5) is 27.0. The Kier molecular flexibility index (Phi) is 5.60. The van der Waals surface area contributed by atoms with Crippen molar-refractivity contribution in [2.45, 2.75) is 45.6 Å². The van der Waals surface area contributed by atoms with Crippen LogP contribution in [0.25, 0.3) is 11.0 Å². The number of fused-ring (bicyclic) bond motifs is 3. The number of likely N-dealkylation sites (tertiary alicyclic amines) is 1. The second kappa shape index (κ2) is 8.13. The van der Waals surface area contributed by atoms with Crippen molar-refractivity contribution in [2.75, 3.05) is 26.4 Å². The molecule has 0 saturated carbocycles. The largest absolute Gasteiger partial charge is 0.443 e. The normalized spacial score (nSPS) is 19.1. The van der Waals surface area contributed by atoms with Crippen LogP contribution in [0.15, 0.2) is 21.3 Å². The summed E-state index contributed by atoms with van der Waals surface area (Å²) in [6, 6.07) is 3.42. The maximum Gasteiger partial charge on any atom is 0.336 e. The van der Waals surface area contributed by atoms with Crippen LogP contribution in [0.3, 0.4) is 0 Å². The molecule has 1 fully saturated rings. The number of halogens is 1. The molecule has 28 heavy (non-hydrogen) atoms. The zero-order valence-electron chi connectivity index (χ0n) is 16.2. The fraction of sp³-hybridized carbons (Fsp3) is 0.524. The standard InChI is InChI=1S/C21H25ClN2O4/c1-2-5-14-10-19(26)28-20-15(14)11-17(22)21-16(20)12-23(13-27-21)7-4-9-24-8-3-6-18(24)25/h10-11H,2-9,12-13H2,1H3/p+1. The summed E-state index contributed by atoms with van der Waals surface area (Å²) in [6.45, 7) is 5.85. The molecule has 1 saturated heterocycles. The summed E-state index contributed by atoms with van der Waals surface area (Å²) >= 11 is 6.49. The van der Waals surface area contributed by atoms with E-state index in [2.05, 4.69) is 6.92 Å². The third-order valence-electron chi connectivity index (χ3n) is 5.62. The van der Waals surface area contributed by atoms with Gasteiger partial charge >= 0.3 is 5.63 Å². The second-order valence-electron chi connectivity index (χ2n) is 7.69. The number of quaternary nitrogens is 1. The summed E-state index contributed by atoms with van der Waals surface area (Å²) in [7, 11) is 0. The topological polar surface area (TPSA) is 64.2 Å². The average molecular weight is 406 g/mol. The van der Waals surface area contributed by atoms with Gasteiger partial charge in [0, 0.05) is 37.4 Å². The van der Waals surface area contributed by atoms with E-state index in [1.165, 1.54) is 4.90 Å². The third-order valence-corrected chi connectivity index (χ3v) is 5.90. The Morgan fingerprint density at radius 3 is 2.89 bits per heavy atom. The van der Waals surface area contributed by atoms with Gasteiger partial charge in [0.2, 0.25) is 12.6 Å². The Balaban J connectivity index is 1.56. The van der Waals surface area contributed by atoms with Crippen molar-refractivity contribution in [3.63, 3.8) is 0 Å². The lowest BCUT2D eigenvalue weighted by Gasteiger charge is -2.28. The van der Waals surface area contributed by atoms with E-state index in [0.29, 0.717) is 36.1 Å². The van der Waals surface area contributed by atoms with Gasteiger partial charge in [0.05, 0.1) is 17.1 Å². The predicted octanol–water partition coefficient (Wildman–Crippen LogP) is 2.15. The number of carbonyl (C=O) groups excluding carboxylic acids is 1. The number of nitrogens with one attached hydrogen (secondary N) is 1. The summed E-state index contributed by atoms with van der Waals surface area (Å²) in [5.41, 5.74) is 2.11. The van der Waals surface area contributed by atoms with Crippen molar-refractivity contribution < 1.29 is 18.8 Å². The van der Waals surface area contributed by atoms with Crippen molar-refractivity contribution in [2.24, 2.45) is 0 Å². The number of benzene rings is 1. The van der Waals surface area contributed by atoms with Crippen LogP contribution >= 0.6 is 11.6 Å². The maximum absolute atomic E-state index is 12.1. The van der Waals surface area contributed by atoms with Gasteiger partial charge in [-0.3, -0.25) is 9.69 Å². The van der Waals surface area contributed by atoms with E-state index in [4.69, 9.17) is 20.8 Å². The number of rotatable bonds is 6. The number of hydrogen-bond acceptors (Lipinski definition) is 4. The Labute approximate surface area is 169 Å². The fourth-order valence-corrected chi connectivity index (χ4v) is 4.54. The summed E-state index contributed by atoms with van der Waals surface area (Å²) < 4.78 is 11.5. The van der Waals surface area contributed by atoms with Crippen LogP contribution in [0, 0.1) is 0 Å². The first kappa shape index (κ1) is 19.3. The molecule has 1 unspecified atom stereocenters. The molecule has 6 nitrogen and oxygen atoms in total. The van der Waals surface area contributed by atoms with Gasteiger partial charge in [-0.05, 0) is 24.5 Å². The average Bonchev–Trinajstić information content (AvgIpc) is 3.08. The van der Waals surface area contributed by atoms with Crippen molar-refractivity contribution >= 4 is 28.5 Å². The lowest BCUT2D eigenvalue weighted by Crippen LogP contribution is -3.12. The van der Waals surface area contributed by atoms with Crippen molar-refractivity contribution in [1.82, 2.24) is 4.90 Å².